The first-order valence-electron chi connectivity index (χ1n) is 9.41. The first-order valence-corrected chi connectivity index (χ1v) is 9.41. The molecular formula is C22H26N2O3. The third-order valence-electron chi connectivity index (χ3n) is 4.88. The van der Waals surface area contributed by atoms with Crippen LogP contribution in [0.25, 0.3) is 0 Å². The van der Waals surface area contributed by atoms with Gasteiger partial charge in [0, 0.05) is 24.7 Å². The number of nitrogens with one attached hydrogen (secondary N) is 1. The predicted molar refractivity (Wildman–Crippen MR) is 106 cm³/mol. The molecule has 0 aromatic heterocycles. The summed E-state index contributed by atoms with van der Waals surface area (Å²) in [5, 5.41) is 2.80. The molecule has 1 fully saturated rings. The number of hydrogen-bond donors (Lipinski definition) is 1. The predicted octanol–water partition coefficient (Wildman–Crippen LogP) is 4.33. The fraction of sp³-hybridized carbons (Fsp3) is 0.364. The topological polar surface area (TPSA) is 58.6 Å². The third kappa shape index (κ3) is 4.30. The Balaban J connectivity index is 1.82. The maximum atomic E-state index is 13.1. The molecule has 0 saturated carbocycles. The van der Waals surface area contributed by atoms with Crippen molar-refractivity contribution in [2.45, 2.75) is 39.7 Å². The zero-order chi connectivity index (χ0) is 19.4. The van der Waals surface area contributed by atoms with Crippen molar-refractivity contribution in [2.24, 2.45) is 0 Å². The Labute approximate surface area is 160 Å². The van der Waals surface area contributed by atoms with Crippen molar-refractivity contribution in [3.05, 3.63) is 59.2 Å². The molecule has 27 heavy (non-hydrogen) atoms. The van der Waals surface area contributed by atoms with Crippen LogP contribution in [0.5, 0.6) is 5.75 Å². The molecule has 1 aliphatic heterocycles. The van der Waals surface area contributed by atoms with E-state index < -0.39 is 0 Å². The van der Waals surface area contributed by atoms with Crippen molar-refractivity contribution in [1.29, 1.82) is 0 Å². The van der Waals surface area contributed by atoms with Crippen LogP contribution in [0.2, 0.25) is 0 Å². The minimum Gasteiger partial charge on any atom is -0.494 e. The van der Waals surface area contributed by atoms with Gasteiger partial charge in [-0.2, -0.15) is 0 Å². The summed E-state index contributed by atoms with van der Waals surface area (Å²) in [5.41, 5.74) is 3.34. The van der Waals surface area contributed by atoms with E-state index in [1.165, 1.54) is 6.92 Å². The number of ether oxygens (including phenoxy) is 1. The second kappa shape index (κ2) is 8.25. The normalized spacial score (nSPS) is 16.3. The highest BCUT2D eigenvalue weighted by atomic mass is 16.5. The molecule has 2 amide bonds. The molecule has 0 radical (unpaired) electrons. The van der Waals surface area contributed by atoms with Crippen LogP contribution in [0.3, 0.4) is 0 Å². The van der Waals surface area contributed by atoms with Gasteiger partial charge in [-0.1, -0.05) is 18.2 Å². The zero-order valence-corrected chi connectivity index (χ0v) is 16.1. The summed E-state index contributed by atoms with van der Waals surface area (Å²) in [6.45, 7) is 6.72. The number of hydrogen-bond acceptors (Lipinski definition) is 3. The third-order valence-corrected chi connectivity index (χ3v) is 4.88. The SMILES string of the molecule is CCOc1ccc(C2CCCN2C(=O)c2ccc(C)c(NC(C)=O)c2)cc1. The summed E-state index contributed by atoms with van der Waals surface area (Å²) in [6.07, 6.45) is 1.93. The molecule has 1 atom stereocenters. The van der Waals surface area contributed by atoms with Gasteiger partial charge in [-0.15, -0.1) is 0 Å². The van der Waals surface area contributed by atoms with Gasteiger partial charge in [0.15, 0.2) is 0 Å². The average molecular weight is 366 g/mol. The second-order valence-electron chi connectivity index (χ2n) is 6.87. The Kier molecular flexibility index (Phi) is 5.79. The van der Waals surface area contributed by atoms with E-state index in [4.69, 9.17) is 4.74 Å². The Morgan fingerprint density at radius 2 is 1.93 bits per heavy atom. The van der Waals surface area contributed by atoms with E-state index in [1.54, 1.807) is 6.07 Å². The van der Waals surface area contributed by atoms with Gasteiger partial charge in [-0.05, 0) is 62.1 Å². The van der Waals surface area contributed by atoms with E-state index in [2.05, 4.69) is 5.32 Å². The van der Waals surface area contributed by atoms with E-state index in [0.717, 1.165) is 36.3 Å². The van der Waals surface area contributed by atoms with E-state index in [0.29, 0.717) is 17.9 Å². The summed E-state index contributed by atoms with van der Waals surface area (Å²) >= 11 is 0. The molecule has 2 aromatic rings. The van der Waals surface area contributed by atoms with Crippen molar-refractivity contribution < 1.29 is 14.3 Å². The summed E-state index contributed by atoms with van der Waals surface area (Å²) in [4.78, 5) is 26.5. The number of aryl methyl sites for hydroxylation is 1. The molecule has 0 aliphatic carbocycles. The van der Waals surface area contributed by atoms with Crippen LogP contribution in [0.15, 0.2) is 42.5 Å². The average Bonchev–Trinajstić information content (AvgIpc) is 3.13. The summed E-state index contributed by atoms with van der Waals surface area (Å²) in [5.74, 6) is 0.699. The first-order chi connectivity index (χ1) is 13.0. The lowest BCUT2D eigenvalue weighted by Crippen LogP contribution is -2.30. The van der Waals surface area contributed by atoms with E-state index in [9.17, 15) is 9.59 Å². The molecule has 142 valence electrons. The lowest BCUT2D eigenvalue weighted by molar-refractivity contribution is -0.114. The van der Waals surface area contributed by atoms with E-state index >= 15 is 0 Å². The Morgan fingerprint density at radius 1 is 1.19 bits per heavy atom. The number of anilines is 1. The van der Waals surface area contributed by atoms with Crippen molar-refractivity contribution in [3.8, 4) is 5.75 Å². The smallest absolute Gasteiger partial charge is 0.254 e. The van der Waals surface area contributed by atoms with E-state index in [1.807, 2.05) is 55.1 Å². The molecule has 5 nitrogen and oxygen atoms in total. The van der Waals surface area contributed by atoms with Crippen LogP contribution in [0, 0.1) is 6.92 Å². The molecule has 5 heteroatoms. The molecule has 0 bridgehead atoms. The fourth-order valence-electron chi connectivity index (χ4n) is 3.55. The van der Waals surface area contributed by atoms with Crippen LogP contribution in [0.1, 0.15) is 54.2 Å². The van der Waals surface area contributed by atoms with Gasteiger partial charge in [-0.3, -0.25) is 9.59 Å². The number of nitrogens with zero attached hydrogens (tertiary/aromatic N) is 1. The molecular weight excluding hydrogens is 340 g/mol. The molecule has 1 N–H and O–H groups in total. The molecule has 2 aromatic carbocycles. The van der Waals surface area contributed by atoms with Crippen LogP contribution in [-0.4, -0.2) is 29.9 Å². The highest BCUT2D eigenvalue weighted by molar-refractivity contribution is 5.97. The number of carbonyl (C=O) groups is 2. The monoisotopic (exact) mass is 366 g/mol. The quantitative estimate of drug-likeness (QED) is 0.857. The standard InChI is InChI=1S/C22H26N2O3/c1-4-27-19-11-9-17(10-12-19)21-6-5-13-24(21)22(26)18-8-7-15(2)20(14-18)23-16(3)25/h7-12,14,21H,4-6,13H2,1-3H3,(H,23,25). The van der Waals surface area contributed by atoms with Crippen LogP contribution in [0.4, 0.5) is 5.69 Å². The Morgan fingerprint density at radius 3 is 2.59 bits per heavy atom. The highest BCUT2D eigenvalue weighted by Crippen LogP contribution is 2.34. The number of likely N-dealkylation sites (tertiary alicyclic amines) is 1. The summed E-state index contributed by atoms with van der Waals surface area (Å²) in [6, 6.07) is 13.5. The van der Waals surface area contributed by atoms with Crippen molar-refractivity contribution in [1.82, 2.24) is 4.90 Å². The van der Waals surface area contributed by atoms with Crippen molar-refractivity contribution in [3.63, 3.8) is 0 Å². The van der Waals surface area contributed by atoms with Gasteiger partial charge >= 0.3 is 0 Å². The molecule has 1 saturated heterocycles. The minimum atomic E-state index is -0.142. The minimum absolute atomic E-state index is 0.00186. The van der Waals surface area contributed by atoms with Crippen LogP contribution < -0.4 is 10.1 Å². The van der Waals surface area contributed by atoms with Crippen LogP contribution in [-0.2, 0) is 4.79 Å². The number of rotatable bonds is 5. The molecule has 1 unspecified atom stereocenters. The largest absolute Gasteiger partial charge is 0.494 e. The second-order valence-corrected chi connectivity index (χ2v) is 6.87. The highest BCUT2D eigenvalue weighted by Gasteiger charge is 2.30. The fourth-order valence-corrected chi connectivity index (χ4v) is 3.55. The molecule has 1 aliphatic rings. The number of amides is 2. The maximum Gasteiger partial charge on any atom is 0.254 e. The number of benzene rings is 2. The van der Waals surface area contributed by atoms with Gasteiger partial charge in [0.2, 0.25) is 5.91 Å². The maximum absolute atomic E-state index is 13.1. The summed E-state index contributed by atoms with van der Waals surface area (Å²) < 4.78 is 5.51. The van der Waals surface area contributed by atoms with Gasteiger partial charge < -0.3 is 15.0 Å². The molecule has 0 spiro atoms. The molecule has 3 rings (SSSR count). The zero-order valence-electron chi connectivity index (χ0n) is 16.1. The van der Waals surface area contributed by atoms with Crippen molar-refractivity contribution >= 4 is 17.5 Å². The Hall–Kier alpha value is -2.82. The number of carbonyl (C=O) groups excluding carboxylic acids is 2. The Bertz CT molecular complexity index is 830. The van der Waals surface area contributed by atoms with Gasteiger partial charge in [0.1, 0.15) is 5.75 Å². The first kappa shape index (κ1) is 19.0. The van der Waals surface area contributed by atoms with Gasteiger partial charge in [0.25, 0.3) is 5.91 Å². The lowest BCUT2D eigenvalue weighted by Gasteiger charge is -2.26. The van der Waals surface area contributed by atoms with Crippen molar-refractivity contribution in [2.75, 3.05) is 18.5 Å². The van der Waals surface area contributed by atoms with Gasteiger partial charge in [0.05, 0.1) is 12.6 Å². The molecule has 1 heterocycles. The summed E-state index contributed by atoms with van der Waals surface area (Å²) in [7, 11) is 0. The van der Waals surface area contributed by atoms with E-state index in [-0.39, 0.29) is 17.9 Å². The lowest BCUT2D eigenvalue weighted by atomic mass is 10.0. The van der Waals surface area contributed by atoms with Crippen LogP contribution >= 0.6 is 0 Å². The van der Waals surface area contributed by atoms with Gasteiger partial charge in [-0.25, -0.2) is 0 Å².